The fourth-order valence-corrected chi connectivity index (χ4v) is 3.55. The second-order valence-electron chi connectivity index (χ2n) is 6.28. The van der Waals surface area contributed by atoms with E-state index < -0.39 is 0 Å². The normalized spacial score (nSPS) is 15.6. The van der Waals surface area contributed by atoms with E-state index in [1.54, 1.807) is 18.8 Å². The maximum Gasteiger partial charge on any atom is 0.271 e. The van der Waals surface area contributed by atoms with Crippen molar-refractivity contribution in [2.24, 2.45) is 0 Å². The summed E-state index contributed by atoms with van der Waals surface area (Å²) in [5, 5.41) is 11.2. The van der Waals surface area contributed by atoms with E-state index in [-0.39, 0.29) is 5.91 Å². The zero-order valence-electron chi connectivity index (χ0n) is 14.9. The number of nitrogens with one attached hydrogen (secondary N) is 2. The molecule has 2 N–H and O–H groups in total. The highest BCUT2D eigenvalue weighted by Gasteiger charge is 2.25. The Balaban J connectivity index is 1.65. The molecule has 1 amide bonds. The third-order valence-corrected chi connectivity index (χ3v) is 5.58. The van der Waals surface area contributed by atoms with Gasteiger partial charge in [0.25, 0.3) is 5.91 Å². The minimum Gasteiger partial charge on any atom is -0.354 e. The topological polar surface area (TPSA) is 86.8 Å². The number of carbonyl (C=O) groups excluding carboxylic acids is 1. The summed E-state index contributed by atoms with van der Waals surface area (Å²) >= 11 is 1.71. The molecular weight excluding hydrogens is 336 g/mol. The van der Waals surface area contributed by atoms with Gasteiger partial charge in [-0.3, -0.25) is 14.8 Å². The van der Waals surface area contributed by atoms with Gasteiger partial charge in [0.15, 0.2) is 10.9 Å². The van der Waals surface area contributed by atoms with E-state index in [1.165, 1.54) is 0 Å². The quantitative estimate of drug-likeness (QED) is 0.605. The maximum absolute atomic E-state index is 11.9. The Hall–Kier alpha value is -1.93. The lowest BCUT2D eigenvalue weighted by atomic mass is 10.0. The number of carbonyl (C=O) groups is 1. The molecule has 0 fully saturated rings. The first-order valence-corrected chi connectivity index (χ1v) is 9.46. The molecule has 0 spiro atoms. The molecule has 2 aromatic heterocycles. The highest BCUT2D eigenvalue weighted by molar-refractivity contribution is 7.99. The summed E-state index contributed by atoms with van der Waals surface area (Å²) in [5.41, 5.74) is 3.64. The van der Waals surface area contributed by atoms with Gasteiger partial charge in [-0.05, 0) is 6.42 Å². The molecular formula is C17H24N6OS. The van der Waals surface area contributed by atoms with Gasteiger partial charge >= 0.3 is 0 Å². The molecule has 1 aliphatic heterocycles. The fraction of sp³-hybridized carbons (Fsp3) is 0.529. The highest BCUT2D eigenvalue weighted by atomic mass is 32.2. The molecule has 0 saturated heterocycles. The predicted octanol–water partition coefficient (Wildman–Crippen LogP) is 2.01. The van der Waals surface area contributed by atoms with E-state index in [2.05, 4.69) is 44.2 Å². The van der Waals surface area contributed by atoms with Gasteiger partial charge in [-0.1, -0.05) is 25.6 Å². The Labute approximate surface area is 152 Å². The van der Waals surface area contributed by atoms with Crippen LogP contribution < -0.4 is 5.32 Å². The monoisotopic (exact) mass is 360 g/mol. The second kappa shape index (κ2) is 7.97. The summed E-state index contributed by atoms with van der Waals surface area (Å²) in [6.45, 7) is 6.75. The van der Waals surface area contributed by atoms with Crippen LogP contribution in [0.3, 0.4) is 0 Å². The maximum atomic E-state index is 11.9. The lowest BCUT2D eigenvalue weighted by Crippen LogP contribution is -2.31. The van der Waals surface area contributed by atoms with Crippen molar-refractivity contribution < 1.29 is 4.79 Å². The molecule has 1 aliphatic rings. The van der Waals surface area contributed by atoms with Crippen molar-refractivity contribution in [3.05, 3.63) is 34.9 Å². The molecule has 1 unspecified atom stereocenters. The number of rotatable bonds is 6. The largest absolute Gasteiger partial charge is 0.354 e. The minimum atomic E-state index is -0.144. The number of aromatic amines is 1. The van der Waals surface area contributed by atoms with Crippen LogP contribution in [0.15, 0.2) is 17.6 Å². The van der Waals surface area contributed by atoms with Gasteiger partial charge < -0.3 is 5.32 Å². The molecule has 0 aliphatic carbocycles. The molecule has 134 valence electrons. The Morgan fingerprint density at radius 3 is 2.88 bits per heavy atom. The first-order chi connectivity index (χ1) is 12.1. The number of aromatic nitrogens is 4. The molecule has 25 heavy (non-hydrogen) atoms. The zero-order chi connectivity index (χ0) is 17.8. The van der Waals surface area contributed by atoms with Crippen LogP contribution in [-0.4, -0.2) is 49.8 Å². The number of nitrogens with zero attached hydrogens (tertiary/aromatic N) is 4. The number of H-pyrrole nitrogens is 1. The van der Waals surface area contributed by atoms with Gasteiger partial charge in [-0.2, -0.15) is 5.10 Å². The molecule has 8 heteroatoms. The van der Waals surface area contributed by atoms with E-state index in [1.807, 2.05) is 12.4 Å². The molecule has 0 bridgehead atoms. The number of fused-ring (bicyclic) bond motifs is 1. The smallest absolute Gasteiger partial charge is 0.271 e. The van der Waals surface area contributed by atoms with Crippen LogP contribution in [0.2, 0.25) is 0 Å². The lowest BCUT2D eigenvalue weighted by Gasteiger charge is -2.26. The lowest BCUT2D eigenvalue weighted by molar-refractivity contribution is 0.0955. The summed E-state index contributed by atoms with van der Waals surface area (Å²) < 4.78 is 0. The third kappa shape index (κ3) is 4.19. The average molecular weight is 360 g/mol. The minimum absolute atomic E-state index is 0.144. The molecule has 3 rings (SSSR count). The van der Waals surface area contributed by atoms with Crippen LogP contribution in [0.5, 0.6) is 0 Å². The summed E-state index contributed by atoms with van der Waals surface area (Å²) in [6, 6.07) is 0. The van der Waals surface area contributed by atoms with Crippen LogP contribution in [-0.2, 0) is 19.5 Å². The molecule has 0 saturated carbocycles. The first-order valence-electron chi connectivity index (χ1n) is 8.58. The SMILES string of the molecule is CCC(C)Sc1ncc(CN2CCc3[nH]nc(C(=O)NC)c3C2)cn1. The molecule has 7 nitrogen and oxygen atoms in total. The van der Waals surface area contributed by atoms with E-state index in [0.29, 0.717) is 17.5 Å². The Morgan fingerprint density at radius 1 is 1.44 bits per heavy atom. The van der Waals surface area contributed by atoms with Crippen molar-refractivity contribution in [1.82, 2.24) is 30.4 Å². The van der Waals surface area contributed by atoms with E-state index >= 15 is 0 Å². The van der Waals surface area contributed by atoms with Crippen LogP contribution in [0.1, 0.15) is 47.6 Å². The Morgan fingerprint density at radius 2 is 2.20 bits per heavy atom. The summed E-state index contributed by atoms with van der Waals surface area (Å²) in [6.07, 6.45) is 5.77. The number of amides is 1. The number of hydrogen-bond acceptors (Lipinski definition) is 6. The predicted molar refractivity (Wildman–Crippen MR) is 97.4 cm³/mol. The van der Waals surface area contributed by atoms with Crippen molar-refractivity contribution in [1.29, 1.82) is 0 Å². The number of hydrogen-bond donors (Lipinski definition) is 2. The van der Waals surface area contributed by atoms with E-state index in [9.17, 15) is 4.79 Å². The molecule has 0 aromatic carbocycles. The summed E-state index contributed by atoms with van der Waals surface area (Å²) in [7, 11) is 1.63. The van der Waals surface area contributed by atoms with Gasteiger partial charge in [0.1, 0.15) is 0 Å². The van der Waals surface area contributed by atoms with Crippen LogP contribution in [0.4, 0.5) is 0 Å². The van der Waals surface area contributed by atoms with Crippen molar-refractivity contribution in [3.8, 4) is 0 Å². The van der Waals surface area contributed by atoms with E-state index in [4.69, 9.17) is 0 Å². The second-order valence-corrected chi connectivity index (χ2v) is 7.69. The van der Waals surface area contributed by atoms with Crippen molar-refractivity contribution in [3.63, 3.8) is 0 Å². The molecule has 0 radical (unpaired) electrons. The van der Waals surface area contributed by atoms with Gasteiger partial charge in [-0.25, -0.2) is 9.97 Å². The van der Waals surface area contributed by atoms with Gasteiger partial charge in [0.2, 0.25) is 0 Å². The van der Waals surface area contributed by atoms with Gasteiger partial charge in [0, 0.05) is 67.6 Å². The standard InChI is InChI=1S/C17H24N6OS/c1-4-11(2)25-17-19-7-12(8-20-17)9-23-6-5-14-13(10-23)15(22-21-14)16(24)18-3/h7-8,11H,4-6,9-10H2,1-3H3,(H,18,24)(H,21,22). The first kappa shape index (κ1) is 17.9. The third-order valence-electron chi connectivity index (χ3n) is 4.42. The molecule has 2 aromatic rings. The van der Waals surface area contributed by atoms with Gasteiger partial charge in [0.05, 0.1) is 0 Å². The van der Waals surface area contributed by atoms with Crippen molar-refractivity contribution >= 4 is 17.7 Å². The van der Waals surface area contributed by atoms with Crippen molar-refractivity contribution in [2.45, 2.75) is 50.2 Å². The Bertz CT molecular complexity index is 729. The van der Waals surface area contributed by atoms with Crippen molar-refractivity contribution in [2.75, 3.05) is 13.6 Å². The average Bonchev–Trinajstić information content (AvgIpc) is 3.06. The van der Waals surface area contributed by atoms with Crippen LogP contribution >= 0.6 is 11.8 Å². The van der Waals surface area contributed by atoms with Crippen LogP contribution in [0.25, 0.3) is 0 Å². The van der Waals surface area contributed by atoms with E-state index in [0.717, 1.165) is 47.9 Å². The fourth-order valence-electron chi connectivity index (χ4n) is 2.80. The summed E-state index contributed by atoms with van der Waals surface area (Å²) in [4.78, 5) is 23.2. The molecule has 3 heterocycles. The van der Waals surface area contributed by atoms with Gasteiger partial charge in [-0.15, -0.1) is 0 Å². The summed E-state index contributed by atoms with van der Waals surface area (Å²) in [5.74, 6) is -0.144. The molecule has 1 atom stereocenters. The highest BCUT2D eigenvalue weighted by Crippen LogP contribution is 2.23. The zero-order valence-corrected chi connectivity index (χ0v) is 15.7. The number of thioether (sulfide) groups is 1. The Kier molecular flexibility index (Phi) is 5.70. The van der Waals surface area contributed by atoms with Crippen LogP contribution in [0, 0.1) is 0 Å².